The van der Waals surface area contributed by atoms with Crippen molar-refractivity contribution in [3.05, 3.63) is 58.9 Å². The quantitative estimate of drug-likeness (QED) is 0.718. The monoisotopic (exact) mass is 365 g/mol. The molecule has 3 aromatic rings. The Morgan fingerprint density at radius 1 is 1.27 bits per heavy atom. The Morgan fingerprint density at radius 2 is 2.08 bits per heavy atom. The minimum atomic E-state index is -2.70. The van der Waals surface area contributed by atoms with Crippen LogP contribution in [0.15, 0.2) is 41.7 Å². The van der Waals surface area contributed by atoms with Crippen molar-refractivity contribution >= 4 is 16.8 Å². The van der Waals surface area contributed by atoms with E-state index in [1.165, 1.54) is 24.7 Å². The number of benzene rings is 1. The molecule has 1 aromatic carbocycles. The van der Waals surface area contributed by atoms with E-state index in [-0.39, 0.29) is 30.7 Å². The molecule has 0 radical (unpaired) electrons. The number of amides is 1. The molecule has 1 amide bonds. The van der Waals surface area contributed by atoms with Gasteiger partial charge in [0.15, 0.2) is 0 Å². The number of carbonyl (C=O) groups excluding carboxylic acids is 1. The van der Waals surface area contributed by atoms with Crippen molar-refractivity contribution in [1.29, 1.82) is 0 Å². The van der Waals surface area contributed by atoms with E-state index in [4.69, 9.17) is 0 Å². The van der Waals surface area contributed by atoms with Crippen molar-refractivity contribution in [2.24, 2.45) is 0 Å². The van der Waals surface area contributed by atoms with E-state index in [0.29, 0.717) is 10.1 Å². The topological polar surface area (TPSA) is 81.8 Å². The molecule has 10 heteroatoms. The van der Waals surface area contributed by atoms with Gasteiger partial charge in [0, 0.05) is 25.4 Å². The smallest absolute Gasteiger partial charge is 0.319 e. The summed E-state index contributed by atoms with van der Waals surface area (Å²) < 4.78 is 40.4. The first-order chi connectivity index (χ1) is 12.5. The van der Waals surface area contributed by atoms with Crippen LogP contribution in [0.2, 0.25) is 0 Å². The Bertz CT molecular complexity index is 999. The van der Waals surface area contributed by atoms with E-state index >= 15 is 0 Å². The molecule has 0 saturated carbocycles. The molecular formula is C16H14F3N5O2. The third kappa shape index (κ3) is 3.73. The van der Waals surface area contributed by atoms with E-state index in [1.54, 1.807) is 0 Å². The van der Waals surface area contributed by atoms with Gasteiger partial charge in [0.2, 0.25) is 5.91 Å². The zero-order valence-electron chi connectivity index (χ0n) is 13.4. The Morgan fingerprint density at radius 3 is 2.85 bits per heavy atom. The summed E-state index contributed by atoms with van der Waals surface area (Å²) in [7, 11) is 0. The number of nitrogens with zero attached hydrogens (tertiary/aromatic N) is 4. The average molecular weight is 365 g/mol. The molecule has 0 unspecified atom stereocenters. The van der Waals surface area contributed by atoms with Gasteiger partial charge in [-0.05, 0) is 18.2 Å². The van der Waals surface area contributed by atoms with Crippen LogP contribution in [-0.4, -0.2) is 31.6 Å². The second-order valence-electron chi connectivity index (χ2n) is 5.47. The Kier molecular flexibility index (Phi) is 5.01. The van der Waals surface area contributed by atoms with Crippen LogP contribution in [0.4, 0.5) is 13.2 Å². The summed E-state index contributed by atoms with van der Waals surface area (Å²) in [5.74, 6) is -0.937. The van der Waals surface area contributed by atoms with Crippen molar-refractivity contribution in [1.82, 2.24) is 24.4 Å². The number of carbonyl (C=O) groups is 1. The van der Waals surface area contributed by atoms with Crippen molar-refractivity contribution in [3.8, 4) is 0 Å². The maximum absolute atomic E-state index is 13.3. The van der Waals surface area contributed by atoms with Gasteiger partial charge in [-0.3, -0.25) is 18.7 Å². The fraction of sp³-hybridized carbons (Fsp3) is 0.250. The van der Waals surface area contributed by atoms with Crippen molar-refractivity contribution in [3.63, 3.8) is 0 Å². The summed E-state index contributed by atoms with van der Waals surface area (Å²) in [5.41, 5.74) is -0.218. The molecule has 7 nitrogen and oxygen atoms in total. The molecule has 1 N–H and O–H groups in total. The van der Waals surface area contributed by atoms with Crippen molar-refractivity contribution in [2.45, 2.75) is 19.5 Å². The number of fused-ring (bicyclic) bond motifs is 1. The molecule has 26 heavy (non-hydrogen) atoms. The summed E-state index contributed by atoms with van der Waals surface area (Å²) in [6, 6.07) is 3.62. The van der Waals surface area contributed by atoms with Gasteiger partial charge in [-0.25, -0.2) is 14.4 Å². The molecule has 0 aliphatic heterocycles. The molecule has 0 aliphatic carbocycles. The first-order valence-corrected chi connectivity index (χ1v) is 7.67. The highest BCUT2D eigenvalue weighted by Gasteiger charge is 2.12. The lowest BCUT2D eigenvalue weighted by atomic mass is 10.2. The fourth-order valence-corrected chi connectivity index (χ4v) is 2.48. The van der Waals surface area contributed by atoms with E-state index in [9.17, 15) is 22.8 Å². The van der Waals surface area contributed by atoms with Crippen molar-refractivity contribution < 1.29 is 18.0 Å². The maximum atomic E-state index is 13.3. The molecule has 0 atom stereocenters. The van der Waals surface area contributed by atoms with E-state index in [1.807, 2.05) is 0 Å². The zero-order chi connectivity index (χ0) is 18.7. The van der Waals surface area contributed by atoms with Crippen LogP contribution in [0.25, 0.3) is 10.9 Å². The first kappa shape index (κ1) is 17.6. The molecule has 0 bridgehead atoms. The number of aromatic nitrogens is 4. The van der Waals surface area contributed by atoms with Gasteiger partial charge in [0.1, 0.15) is 18.2 Å². The van der Waals surface area contributed by atoms with Crippen molar-refractivity contribution in [2.75, 3.05) is 6.54 Å². The van der Waals surface area contributed by atoms with Crippen LogP contribution < -0.4 is 10.9 Å². The molecule has 0 fully saturated rings. The van der Waals surface area contributed by atoms with Crippen LogP contribution in [0, 0.1) is 5.82 Å². The second-order valence-corrected chi connectivity index (χ2v) is 5.47. The van der Waals surface area contributed by atoms with E-state index < -0.39 is 23.8 Å². The number of imidazole rings is 1. The van der Waals surface area contributed by atoms with Crippen LogP contribution in [0.1, 0.15) is 12.4 Å². The molecule has 0 spiro atoms. The Labute approximate surface area is 145 Å². The van der Waals surface area contributed by atoms with Gasteiger partial charge in [0.05, 0.1) is 17.2 Å². The highest BCUT2D eigenvalue weighted by Crippen LogP contribution is 2.12. The zero-order valence-corrected chi connectivity index (χ0v) is 13.4. The SMILES string of the molecule is O=C(Cn1cnc2ccc(F)cc2c1=O)NCCc1nccn1C(F)F. The minimum absolute atomic E-state index is 0.0688. The molecule has 0 saturated heterocycles. The normalized spacial score (nSPS) is 11.2. The summed E-state index contributed by atoms with van der Waals surface area (Å²) in [4.78, 5) is 32.1. The summed E-state index contributed by atoms with van der Waals surface area (Å²) in [5, 5.41) is 2.59. The standard InChI is InChI=1S/C16H14F3N5O2/c17-10-1-2-12-11(7-10)15(26)23(9-22-12)8-14(25)21-4-3-13-20-5-6-24(13)16(18)19/h1-2,5-7,9,16H,3-4,8H2,(H,21,25). The number of rotatable bonds is 6. The van der Waals surface area contributed by atoms with E-state index in [2.05, 4.69) is 15.3 Å². The summed E-state index contributed by atoms with van der Waals surface area (Å²) in [6.07, 6.45) is 3.72. The van der Waals surface area contributed by atoms with Gasteiger partial charge < -0.3 is 5.32 Å². The largest absolute Gasteiger partial charge is 0.354 e. The molecule has 2 aromatic heterocycles. The van der Waals surface area contributed by atoms with Gasteiger partial charge in [-0.2, -0.15) is 8.78 Å². The number of alkyl halides is 2. The highest BCUT2D eigenvalue weighted by atomic mass is 19.3. The minimum Gasteiger partial charge on any atom is -0.354 e. The van der Waals surface area contributed by atoms with Crippen LogP contribution in [-0.2, 0) is 17.8 Å². The highest BCUT2D eigenvalue weighted by molar-refractivity contribution is 5.78. The van der Waals surface area contributed by atoms with E-state index in [0.717, 1.165) is 16.8 Å². The van der Waals surface area contributed by atoms with Gasteiger partial charge in [0.25, 0.3) is 5.56 Å². The Hall–Kier alpha value is -3.17. The van der Waals surface area contributed by atoms with Crippen LogP contribution in [0.5, 0.6) is 0 Å². The number of hydrogen-bond acceptors (Lipinski definition) is 4. The average Bonchev–Trinajstić information content (AvgIpc) is 3.07. The predicted octanol–water partition coefficient (Wildman–Crippen LogP) is 1.49. The molecule has 3 rings (SSSR count). The lowest BCUT2D eigenvalue weighted by Gasteiger charge is -2.09. The fourth-order valence-electron chi connectivity index (χ4n) is 2.48. The third-order valence-electron chi connectivity index (χ3n) is 3.73. The maximum Gasteiger partial charge on any atom is 0.319 e. The summed E-state index contributed by atoms with van der Waals surface area (Å²) >= 11 is 0. The number of halogens is 3. The molecule has 2 heterocycles. The van der Waals surface area contributed by atoms with Crippen LogP contribution in [0.3, 0.4) is 0 Å². The summed E-state index contributed by atoms with van der Waals surface area (Å²) in [6.45, 7) is -2.94. The molecular weight excluding hydrogens is 351 g/mol. The molecule has 136 valence electrons. The third-order valence-corrected chi connectivity index (χ3v) is 3.73. The molecule has 0 aliphatic rings. The van der Waals surface area contributed by atoms with Gasteiger partial charge >= 0.3 is 6.55 Å². The van der Waals surface area contributed by atoms with Crippen LogP contribution >= 0.6 is 0 Å². The van der Waals surface area contributed by atoms with Gasteiger partial charge in [-0.1, -0.05) is 0 Å². The lowest BCUT2D eigenvalue weighted by molar-refractivity contribution is -0.121. The second kappa shape index (κ2) is 7.38. The predicted molar refractivity (Wildman–Crippen MR) is 86.2 cm³/mol. The number of nitrogens with one attached hydrogen (secondary N) is 1. The lowest BCUT2D eigenvalue weighted by Crippen LogP contribution is -2.33. The first-order valence-electron chi connectivity index (χ1n) is 7.67. The Balaban J connectivity index is 1.63. The van der Waals surface area contributed by atoms with Gasteiger partial charge in [-0.15, -0.1) is 0 Å². The number of hydrogen-bond donors (Lipinski definition) is 1.